The summed E-state index contributed by atoms with van der Waals surface area (Å²) in [6.45, 7) is 1.80. The van der Waals surface area contributed by atoms with Crippen LogP contribution < -0.4 is 5.73 Å². The lowest BCUT2D eigenvalue weighted by atomic mass is 9.98. The lowest BCUT2D eigenvalue weighted by molar-refractivity contribution is 0.214. The van der Waals surface area contributed by atoms with E-state index in [1.165, 1.54) is 6.07 Å². The Morgan fingerprint density at radius 2 is 2.06 bits per heavy atom. The monoisotopic (exact) mass is 310 g/mol. The van der Waals surface area contributed by atoms with Gasteiger partial charge in [0.25, 0.3) is 0 Å². The van der Waals surface area contributed by atoms with Gasteiger partial charge in [-0.1, -0.05) is 22.0 Å². The molecule has 2 rings (SSSR count). The van der Waals surface area contributed by atoms with Gasteiger partial charge in [0.05, 0.1) is 0 Å². The Bertz CT molecular complexity index is 497. The van der Waals surface area contributed by atoms with Crippen LogP contribution >= 0.6 is 15.9 Å². The molecular formula is C13H12BrFN2O. The molecular weight excluding hydrogens is 299 g/mol. The van der Waals surface area contributed by atoms with Gasteiger partial charge in [-0.15, -0.1) is 0 Å². The predicted octanol–water partition coefficient (Wildman–Crippen LogP) is 2.96. The van der Waals surface area contributed by atoms with Gasteiger partial charge in [0, 0.05) is 21.8 Å². The van der Waals surface area contributed by atoms with E-state index in [2.05, 4.69) is 20.9 Å². The molecule has 0 amide bonds. The van der Waals surface area contributed by atoms with Crippen molar-refractivity contribution in [1.82, 2.24) is 4.98 Å². The van der Waals surface area contributed by atoms with Crippen molar-refractivity contribution in [3.63, 3.8) is 0 Å². The summed E-state index contributed by atoms with van der Waals surface area (Å²) in [5, 5.41) is 10.3. The molecule has 1 atom stereocenters. The van der Waals surface area contributed by atoms with Crippen LogP contribution in [0.1, 0.15) is 22.8 Å². The number of hydrogen-bond donors (Lipinski definition) is 2. The molecule has 0 aliphatic carbocycles. The maximum Gasteiger partial charge on any atom is 0.130 e. The summed E-state index contributed by atoms with van der Waals surface area (Å²) in [6.07, 6.45) is 0.409. The van der Waals surface area contributed by atoms with E-state index >= 15 is 0 Å². The number of halogens is 2. The lowest BCUT2D eigenvalue weighted by Gasteiger charge is -2.17. The number of pyridine rings is 1. The van der Waals surface area contributed by atoms with Gasteiger partial charge in [0.1, 0.15) is 17.7 Å². The Morgan fingerprint density at radius 3 is 2.67 bits per heavy atom. The van der Waals surface area contributed by atoms with Crippen molar-refractivity contribution < 1.29 is 9.50 Å². The van der Waals surface area contributed by atoms with E-state index in [-0.39, 0.29) is 11.4 Å². The molecule has 18 heavy (non-hydrogen) atoms. The summed E-state index contributed by atoms with van der Waals surface area (Å²) in [6, 6.07) is 6.26. The van der Waals surface area contributed by atoms with Gasteiger partial charge in [0.15, 0.2) is 0 Å². The molecule has 1 aromatic heterocycles. The number of aryl methyl sites for hydroxylation is 1. The van der Waals surface area contributed by atoms with Crippen LogP contribution in [0, 0.1) is 12.7 Å². The first-order chi connectivity index (χ1) is 8.52. The Morgan fingerprint density at radius 1 is 1.33 bits per heavy atom. The molecule has 0 fully saturated rings. The van der Waals surface area contributed by atoms with Crippen LogP contribution in [-0.2, 0) is 0 Å². The maximum atomic E-state index is 13.8. The van der Waals surface area contributed by atoms with Crippen LogP contribution in [0.5, 0.6) is 0 Å². The summed E-state index contributed by atoms with van der Waals surface area (Å²) >= 11 is 3.23. The normalized spacial score (nSPS) is 12.4. The van der Waals surface area contributed by atoms with E-state index in [4.69, 9.17) is 5.73 Å². The molecule has 0 radical (unpaired) electrons. The number of nitrogens with two attached hydrogens (primary N) is 1. The molecule has 3 N–H and O–H groups in total. The summed E-state index contributed by atoms with van der Waals surface area (Å²) in [5.74, 6) is -0.280. The highest BCUT2D eigenvalue weighted by Gasteiger charge is 2.22. The number of nitrogens with zero attached hydrogens (tertiary/aromatic N) is 1. The van der Waals surface area contributed by atoms with E-state index in [0.717, 1.165) is 5.56 Å². The number of hydrogen-bond acceptors (Lipinski definition) is 3. The van der Waals surface area contributed by atoms with Crippen molar-refractivity contribution in [2.75, 3.05) is 5.73 Å². The fourth-order valence-electron chi connectivity index (χ4n) is 1.86. The highest BCUT2D eigenvalue weighted by Crippen LogP contribution is 2.34. The minimum Gasteiger partial charge on any atom is -0.383 e. The minimum atomic E-state index is -1.14. The number of rotatable bonds is 2. The molecule has 1 unspecified atom stereocenters. The zero-order valence-corrected chi connectivity index (χ0v) is 11.3. The van der Waals surface area contributed by atoms with E-state index < -0.39 is 11.9 Å². The average Bonchev–Trinajstić information content (AvgIpc) is 2.28. The van der Waals surface area contributed by atoms with Gasteiger partial charge in [-0.05, 0) is 30.7 Å². The molecule has 0 spiro atoms. The van der Waals surface area contributed by atoms with Gasteiger partial charge in [0.2, 0.25) is 0 Å². The second-order valence-corrected chi connectivity index (χ2v) is 4.82. The number of nitrogen functional groups attached to an aromatic ring is 1. The fraction of sp³-hybridized carbons (Fsp3) is 0.154. The van der Waals surface area contributed by atoms with Gasteiger partial charge in [-0.2, -0.15) is 0 Å². The van der Waals surface area contributed by atoms with E-state index in [9.17, 15) is 9.50 Å². The molecule has 3 nitrogen and oxygen atoms in total. The van der Waals surface area contributed by atoms with Crippen molar-refractivity contribution >= 4 is 21.7 Å². The maximum absolute atomic E-state index is 13.8. The summed E-state index contributed by atoms with van der Waals surface area (Å²) < 4.78 is 14.3. The molecule has 2 aromatic rings. The van der Waals surface area contributed by atoms with Crippen molar-refractivity contribution in [2.45, 2.75) is 13.0 Å². The lowest BCUT2D eigenvalue weighted by Crippen LogP contribution is -2.09. The van der Waals surface area contributed by atoms with Crippen LogP contribution in [0.3, 0.4) is 0 Å². The molecule has 0 saturated carbocycles. The minimum absolute atomic E-state index is 0.167. The smallest absolute Gasteiger partial charge is 0.130 e. The molecule has 0 saturated heterocycles. The molecule has 0 bridgehead atoms. The molecule has 5 heteroatoms. The third kappa shape index (κ3) is 2.23. The Hall–Kier alpha value is -1.46. The van der Waals surface area contributed by atoms with Crippen LogP contribution in [-0.4, -0.2) is 10.1 Å². The number of aliphatic hydroxyl groups is 1. The molecule has 0 aliphatic rings. The van der Waals surface area contributed by atoms with Gasteiger partial charge in [-0.3, -0.25) is 0 Å². The van der Waals surface area contributed by atoms with Gasteiger partial charge >= 0.3 is 0 Å². The number of aliphatic hydroxyl groups excluding tert-OH is 1. The first-order valence-corrected chi connectivity index (χ1v) is 6.14. The summed E-state index contributed by atoms with van der Waals surface area (Å²) in [5.41, 5.74) is 7.12. The van der Waals surface area contributed by atoms with Crippen LogP contribution in [0.15, 0.2) is 34.9 Å². The Kier molecular flexibility index (Phi) is 3.63. The number of anilines is 1. The predicted molar refractivity (Wildman–Crippen MR) is 71.5 cm³/mol. The fourth-order valence-corrected chi connectivity index (χ4v) is 2.42. The largest absolute Gasteiger partial charge is 0.383 e. The summed E-state index contributed by atoms with van der Waals surface area (Å²) in [7, 11) is 0. The summed E-state index contributed by atoms with van der Waals surface area (Å²) in [4.78, 5) is 3.93. The van der Waals surface area contributed by atoms with Gasteiger partial charge in [-0.25, -0.2) is 9.37 Å². The van der Waals surface area contributed by atoms with E-state index in [0.29, 0.717) is 10.0 Å². The van der Waals surface area contributed by atoms with Gasteiger partial charge < -0.3 is 10.8 Å². The third-order valence-corrected chi connectivity index (χ3v) is 3.48. The molecule has 1 heterocycles. The van der Waals surface area contributed by atoms with Crippen LogP contribution in [0.25, 0.3) is 0 Å². The van der Waals surface area contributed by atoms with Crippen molar-refractivity contribution in [3.8, 4) is 0 Å². The van der Waals surface area contributed by atoms with Crippen molar-refractivity contribution in [1.29, 1.82) is 0 Å². The topological polar surface area (TPSA) is 59.1 Å². The standard InChI is InChI=1S/C13H12BrFN2O/c1-7-5-6-17-13(16)10(7)12(18)11-8(14)3-2-4-9(11)15/h2-6,12,18H,1H3,(H2,16,17). The molecule has 0 aliphatic heterocycles. The highest BCUT2D eigenvalue weighted by atomic mass is 79.9. The third-order valence-electron chi connectivity index (χ3n) is 2.79. The van der Waals surface area contributed by atoms with Crippen molar-refractivity contribution in [3.05, 3.63) is 57.4 Å². The van der Waals surface area contributed by atoms with E-state index in [1.807, 2.05) is 0 Å². The quantitative estimate of drug-likeness (QED) is 0.896. The SMILES string of the molecule is Cc1ccnc(N)c1C(O)c1c(F)cccc1Br. The zero-order valence-electron chi connectivity index (χ0n) is 9.69. The highest BCUT2D eigenvalue weighted by molar-refractivity contribution is 9.10. The average molecular weight is 311 g/mol. The second kappa shape index (κ2) is 5.04. The van der Waals surface area contributed by atoms with Crippen LogP contribution in [0.4, 0.5) is 10.2 Å². The Labute approximate surface area is 113 Å². The number of benzene rings is 1. The van der Waals surface area contributed by atoms with E-state index in [1.54, 1.807) is 31.3 Å². The Balaban J connectivity index is 2.58. The zero-order chi connectivity index (χ0) is 13.3. The van der Waals surface area contributed by atoms with Crippen molar-refractivity contribution in [2.24, 2.45) is 0 Å². The van der Waals surface area contributed by atoms with Crippen LogP contribution in [0.2, 0.25) is 0 Å². The molecule has 94 valence electrons. The second-order valence-electron chi connectivity index (χ2n) is 3.96. The number of aromatic nitrogens is 1. The first-order valence-electron chi connectivity index (χ1n) is 5.35. The molecule has 1 aromatic carbocycles. The first kappa shape index (κ1) is 13.0.